The monoisotopic (exact) mass is 432 g/mol. The quantitative estimate of drug-likeness (QED) is 0.703. The van der Waals surface area contributed by atoms with Crippen LogP contribution in [-0.2, 0) is 14.3 Å². The molecule has 1 aliphatic heterocycles. The normalized spacial score (nSPS) is 13.7. The third-order valence-electron chi connectivity index (χ3n) is 4.82. The molecule has 1 aliphatic rings. The van der Waals surface area contributed by atoms with Gasteiger partial charge < -0.3 is 24.4 Å². The Bertz CT molecular complexity index is 918. The van der Waals surface area contributed by atoms with Crippen molar-refractivity contribution in [2.45, 2.75) is 13.8 Å². The van der Waals surface area contributed by atoms with Crippen LogP contribution < -0.4 is 15.0 Å². The molecular formula is C22H25ClN2O5. The van der Waals surface area contributed by atoms with Gasteiger partial charge >= 0.3 is 5.97 Å². The van der Waals surface area contributed by atoms with Crippen molar-refractivity contribution in [3.8, 4) is 5.75 Å². The van der Waals surface area contributed by atoms with E-state index < -0.39 is 5.97 Å². The van der Waals surface area contributed by atoms with Crippen molar-refractivity contribution in [3.05, 3.63) is 52.0 Å². The molecule has 2 aromatic carbocycles. The molecule has 0 bridgehead atoms. The van der Waals surface area contributed by atoms with Gasteiger partial charge in [-0.3, -0.25) is 4.79 Å². The maximum atomic E-state index is 12.4. The number of nitrogens with zero attached hydrogens (tertiary/aromatic N) is 1. The molecule has 0 aliphatic carbocycles. The average molecular weight is 433 g/mol. The molecule has 8 heteroatoms. The van der Waals surface area contributed by atoms with Crippen LogP contribution >= 0.6 is 11.6 Å². The van der Waals surface area contributed by atoms with E-state index in [4.69, 9.17) is 25.8 Å². The largest absolute Gasteiger partial charge is 0.484 e. The average Bonchev–Trinajstić information content (AvgIpc) is 2.76. The zero-order valence-electron chi connectivity index (χ0n) is 17.3. The zero-order valence-corrected chi connectivity index (χ0v) is 18.0. The fourth-order valence-corrected chi connectivity index (χ4v) is 3.41. The highest BCUT2D eigenvalue weighted by Gasteiger charge is 2.20. The molecule has 0 saturated carbocycles. The van der Waals surface area contributed by atoms with E-state index >= 15 is 0 Å². The summed E-state index contributed by atoms with van der Waals surface area (Å²) in [6, 6.07) is 8.75. The topological polar surface area (TPSA) is 77.1 Å². The second-order valence-corrected chi connectivity index (χ2v) is 7.41. The fraction of sp³-hybridized carbons (Fsp3) is 0.364. The number of aryl methyl sites for hydroxylation is 2. The number of benzene rings is 2. The molecule has 1 saturated heterocycles. The third kappa shape index (κ3) is 5.23. The lowest BCUT2D eigenvalue weighted by molar-refractivity contribution is -0.118. The molecule has 1 amide bonds. The number of rotatable bonds is 6. The van der Waals surface area contributed by atoms with Gasteiger partial charge in [0.1, 0.15) is 5.75 Å². The van der Waals surface area contributed by atoms with Crippen molar-refractivity contribution in [1.82, 2.24) is 0 Å². The molecule has 0 atom stereocenters. The lowest BCUT2D eigenvalue weighted by Gasteiger charge is -2.30. The Morgan fingerprint density at radius 3 is 2.43 bits per heavy atom. The fourth-order valence-electron chi connectivity index (χ4n) is 3.30. The van der Waals surface area contributed by atoms with Crippen molar-refractivity contribution >= 4 is 34.9 Å². The summed E-state index contributed by atoms with van der Waals surface area (Å²) < 4.78 is 15.9. The van der Waals surface area contributed by atoms with Crippen LogP contribution in [0.15, 0.2) is 30.3 Å². The number of hydrogen-bond acceptors (Lipinski definition) is 6. The van der Waals surface area contributed by atoms with Gasteiger partial charge in [0.25, 0.3) is 5.91 Å². The molecule has 1 heterocycles. The molecule has 0 aromatic heterocycles. The summed E-state index contributed by atoms with van der Waals surface area (Å²) in [5, 5.41) is 3.44. The second-order valence-electron chi connectivity index (χ2n) is 7.03. The molecule has 3 rings (SSSR count). The molecule has 1 fully saturated rings. The molecule has 7 nitrogen and oxygen atoms in total. The molecular weight excluding hydrogens is 408 g/mol. The highest BCUT2D eigenvalue weighted by atomic mass is 35.5. The van der Waals surface area contributed by atoms with Crippen molar-refractivity contribution in [2.24, 2.45) is 0 Å². The second kappa shape index (κ2) is 9.82. The van der Waals surface area contributed by atoms with E-state index in [0.717, 1.165) is 16.8 Å². The number of carbonyl (C=O) groups is 2. The van der Waals surface area contributed by atoms with Crippen LogP contribution in [0, 0.1) is 13.8 Å². The maximum absolute atomic E-state index is 12.4. The van der Waals surface area contributed by atoms with Gasteiger partial charge in [0.15, 0.2) is 6.61 Å². The SMILES string of the molecule is COC(=O)c1cc(NC(=O)COc2cc(C)c(Cl)c(C)c2)ccc1N1CCOCC1. The van der Waals surface area contributed by atoms with E-state index in [1.807, 2.05) is 13.8 Å². The third-order valence-corrected chi connectivity index (χ3v) is 5.41. The number of morpholine rings is 1. The van der Waals surface area contributed by atoms with Gasteiger partial charge in [-0.2, -0.15) is 0 Å². The minimum atomic E-state index is -0.462. The molecule has 0 spiro atoms. The number of nitrogens with one attached hydrogen (secondary N) is 1. The highest BCUT2D eigenvalue weighted by Crippen LogP contribution is 2.27. The molecule has 160 valence electrons. The minimum absolute atomic E-state index is 0.167. The number of amides is 1. The number of ether oxygens (including phenoxy) is 3. The predicted molar refractivity (Wildman–Crippen MR) is 116 cm³/mol. The van der Waals surface area contributed by atoms with Gasteiger partial charge in [-0.05, 0) is 55.3 Å². The maximum Gasteiger partial charge on any atom is 0.340 e. The van der Waals surface area contributed by atoms with Crippen LogP contribution in [0.2, 0.25) is 5.02 Å². The van der Waals surface area contributed by atoms with Gasteiger partial charge in [-0.25, -0.2) is 4.79 Å². The van der Waals surface area contributed by atoms with Crippen molar-refractivity contribution in [3.63, 3.8) is 0 Å². The lowest BCUT2D eigenvalue weighted by Crippen LogP contribution is -2.37. The Hall–Kier alpha value is -2.77. The summed E-state index contributed by atoms with van der Waals surface area (Å²) in [6.07, 6.45) is 0. The summed E-state index contributed by atoms with van der Waals surface area (Å²) in [5.41, 5.74) is 3.40. The van der Waals surface area contributed by atoms with E-state index in [9.17, 15) is 9.59 Å². The number of carbonyl (C=O) groups excluding carboxylic acids is 2. The number of esters is 1. The summed E-state index contributed by atoms with van der Waals surface area (Å²) in [7, 11) is 1.33. The number of anilines is 2. The molecule has 0 unspecified atom stereocenters. The van der Waals surface area contributed by atoms with Gasteiger partial charge in [0.2, 0.25) is 0 Å². The van der Waals surface area contributed by atoms with E-state index in [2.05, 4.69) is 10.2 Å². The van der Waals surface area contributed by atoms with Gasteiger partial charge in [-0.1, -0.05) is 11.6 Å². The van der Waals surface area contributed by atoms with Crippen molar-refractivity contribution in [2.75, 3.05) is 50.2 Å². The smallest absolute Gasteiger partial charge is 0.340 e. The Balaban J connectivity index is 1.69. The lowest BCUT2D eigenvalue weighted by atomic mass is 10.1. The van der Waals surface area contributed by atoms with Crippen LogP contribution in [0.3, 0.4) is 0 Å². The van der Waals surface area contributed by atoms with Crippen molar-refractivity contribution < 1.29 is 23.8 Å². The Morgan fingerprint density at radius 2 is 1.80 bits per heavy atom. The van der Waals surface area contributed by atoms with E-state index in [1.165, 1.54) is 7.11 Å². The summed E-state index contributed by atoms with van der Waals surface area (Å²) in [6.45, 7) is 6.16. The van der Waals surface area contributed by atoms with E-state index in [0.29, 0.717) is 48.3 Å². The zero-order chi connectivity index (χ0) is 21.7. The first-order valence-electron chi connectivity index (χ1n) is 9.63. The summed E-state index contributed by atoms with van der Waals surface area (Å²) in [4.78, 5) is 26.7. The van der Waals surface area contributed by atoms with Crippen LogP contribution in [0.5, 0.6) is 5.75 Å². The number of halogens is 1. The minimum Gasteiger partial charge on any atom is -0.484 e. The van der Waals surface area contributed by atoms with E-state index in [1.54, 1.807) is 30.3 Å². The molecule has 0 radical (unpaired) electrons. The summed E-state index contributed by atoms with van der Waals surface area (Å²) in [5.74, 6) is -0.228. The predicted octanol–water partition coefficient (Wildman–Crippen LogP) is 3.60. The van der Waals surface area contributed by atoms with Gasteiger partial charge in [0.05, 0.1) is 31.6 Å². The Morgan fingerprint density at radius 1 is 1.13 bits per heavy atom. The van der Waals surface area contributed by atoms with Crippen LogP contribution in [0.1, 0.15) is 21.5 Å². The van der Waals surface area contributed by atoms with Crippen LogP contribution in [-0.4, -0.2) is 51.9 Å². The number of methoxy groups -OCH3 is 1. The van der Waals surface area contributed by atoms with Crippen LogP contribution in [0.25, 0.3) is 0 Å². The standard InChI is InChI=1S/C22H25ClN2O5/c1-14-10-17(11-15(2)21(14)23)30-13-20(26)24-16-4-5-19(18(12-16)22(27)28-3)25-6-8-29-9-7-25/h4-5,10-12H,6-9,13H2,1-3H3,(H,24,26). The van der Waals surface area contributed by atoms with E-state index in [-0.39, 0.29) is 12.5 Å². The molecule has 1 N–H and O–H groups in total. The molecule has 30 heavy (non-hydrogen) atoms. The highest BCUT2D eigenvalue weighted by molar-refractivity contribution is 6.32. The van der Waals surface area contributed by atoms with Gasteiger partial charge in [-0.15, -0.1) is 0 Å². The Kier molecular flexibility index (Phi) is 7.18. The first-order valence-corrected chi connectivity index (χ1v) is 10.0. The molecule has 2 aromatic rings. The summed E-state index contributed by atoms with van der Waals surface area (Å²) >= 11 is 6.16. The van der Waals surface area contributed by atoms with Crippen LogP contribution in [0.4, 0.5) is 11.4 Å². The van der Waals surface area contributed by atoms with Gasteiger partial charge in [0, 0.05) is 23.8 Å². The first kappa shape index (κ1) is 21.9. The number of hydrogen-bond donors (Lipinski definition) is 1. The Labute approximate surface area is 180 Å². The van der Waals surface area contributed by atoms with Crippen molar-refractivity contribution in [1.29, 1.82) is 0 Å². The first-order chi connectivity index (χ1) is 14.4.